The first-order valence-electron chi connectivity index (χ1n) is 18.3. The lowest BCUT2D eigenvalue weighted by Gasteiger charge is -2.46. The van der Waals surface area contributed by atoms with E-state index in [1.807, 2.05) is 0 Å². The van der Waals surface area contributed by atoms with Crippen molar-refractivity contribution in [3.8, 4) is 0 Å². The Morgan fingerprint density at radius 1 is 0.452 bits per heavy atom. The Bertz CT molecular complexity index is 673. The first kappa shape index (κ1) is 34.7. The van der Waals surface area contributed by atoms with E-state index in [-0.39, 0.29) is 0 Å². The van der Waals surface area contributed by atoms with Crippen molar-refractivity contribution in [3.63, 3.8) is 0 Å². The van der Waals surface area contributed by atoms with E-state index < -0.39 is 6.10 Å². The molecule has 0 unspecified atom stereocenters. The highest BCUT2D eigenvalue weighted by Gasteiger charge is 2.42. The smallest absolute Gasteiger partial charge is 0.101 e. The first-order chi connectivity index (χ1) is 20.1. The van der Waals surface area contributed by atoms with Crippen molar-refractivity contribution in [1.82, 2.24) is 0 Å². The molecular weight excluding hydrogens is 524 g/mol. The average Bonchev–Trinajstić information content (AvgIpc) is 3.00. The van der Waals surface area contributed by atoms with E-state index in [0.29, 0.717) is 48.5 Å². The van der Waals surface area contributed by atoms with E-state index in [0.717, 1.165) is 62.6 Å². The SMILES string of the molecule is CCOC1CCC(C(C)(C)C2CCC(OCC(O)COC3CCC(C(C)(C)C4CCC(OCC)CC4)CC3)CC2)CC1. The second kappa shape index (κ2) is 16.4. The van der Waals surface area contributed by atoms with Gasteiger partial charge in [0.25, 0.3) is 0 Å². The molecule has 0 saturated heterocycles. The molecule has 0 bridgehead atoms. The molecule has 246 valence electrons. The van der Waals surface area contributed by atoms with Crippen molar-refractivity contribution >= 4 is 0 Å². The third-order valence-corrected chi connectivity index (χ3v) is 12.8. The molecule has 42 heavy (non-hydrogen) atoms. The summed E-state index contributed by atoms with van der Waals surface area (Å²) in [7, 11) is 0. The quantitative estimate of drug-likeness (QED) is 0.219. The second-order valence-corrected chi connectivity index (χ2v) is 15.8. The van der Waals surface area contributed by atoms with Crippen LogP contribution in [0, 0.1) is 34.5 Å². The predicted octanol–water partition coefficient (Wildman–Crippen LogP) is 8.74. The van der Waals surface area contributed by atoms with Gasteiger partial charge in [-0.25, -0.2) is 0 Å². The monoisotopic (exact) mass is 593 g/mol. The molecule has 4 aliphatic rings. The summed E-state index contributed by atoms with van der Waals surface area (Å²) in [4.78, 5) is 0. The summed E-state index contributed by atoms with van der Waals surface area (Å²) < 4.78 is 24.3. The zero-order chi connectivity index (χ0) is 30.2. The maximum absolute atomic E-state index is 10.7. The van der Waals surface area contributed by atoms with Crippen LogP contribution in [0.4, 0.5) is 0 Å². The predicted molar refractivity (Wildman–Crippen MR) is 172 cm³/mol. The Labute approximate surface area is 259 Å². The maximum Gasteiger partial charge on any atom is 0.101 e. The zero-order valence-corrected chi connectivity index (χ0v) is 28.4. The van der Waals surface area contributed by atoms with Crippen molar-refractivity contribution in [2.75, 3.05) is 26.4 Å². The van der Waals surface area contributed by atoms with Crippen LogP contribution in [-0.2, 0) is 18.9 Å². The van der Waals surface area contributed by atoms with Crippen molar-refractivity contribution in [1.29, 1.82) is 0 Å². The highest BCUT2D eigenvalue weighted by molar-refractivity contribution is 4.92. The minimum absolute atomic E-state index is 0.293. The minimum Gasteiger partial charge on any atom is -0.388 e. The maximum atomic E-state index is 10.7. The Morgan fingerprint density at radius 3 is 0.929 bits per heavy atom. The van der Waals surface area contributed by atoms with Gasteiger partial charge in [0.05, 0.1) is 37.6 Å². The fourth-order valence-electron chi connectivity index (χ4n) is 9.57. The van der Waals surface area contributed by atoms with Gasteiger partial charge >= 0.3 is 0 Å². The summed E-state index contributed by atoms with van der Waals surface area (Å²) in [6, 6.07) is 0. The molecule has 4 aliphatic carbocycles. The van der Waals surface area contributed by atoms with E-state index in [4.69, 9.17) is 18.9 Å². The first-order valence-corrected chi connectivity index (χ1v) is 18.3. The Balaban J connectivity index is 1.08. The standard InChI is InChI=1S/C37H68O5/c1-7-39-32-17-9-27(10-18-32)36(3,4)29-13-21-34(22-14-29)41-25-31(38)26-42-35-23-15-30(16-24-35)37(5,6)28-11-19-33(20-12-28)40-8-2/h27-35,38H,7-26H2,1-6H3. The molecule has 5 heteroatoms. The minimum atomic E-state index is -0.519. The number of aliphatic hydroxyl groups is 1. The fraction of sp³-hybridized carbons (Fsp3) is 1.00. The molecule has 0 atom stereocenters. The lowest BCUT2D eigenvalue weighted by molar-refractivity contribution is -0.0877. The molecule has 5 nitrogen and oxygen atoms in total. The molecule has 4 rings (SSSR count). The summed E-state index contributed by atoms with van der Waals surface area (Å²) in [6.45, 7) is 16.8. The van der Waals surface area contributed by atoms with Crippen LogP contribution < -0.4 is 0 Å². The van der Waals surface area contributed by atoms with Gasteiger partial charge in [-0.2, -0.15) is 0 Å². The number of hydrogen-bond donors (Lipinski definition) is 1. The molecule has 0 spiro atoms. The normalized spacial score (nSPS) is 36.1. The molecule has 0 radical (unpaired) electrons. The van der Waals surface area contributed by atoms with Crippen molar-refractivity contribution in [3.05, 3.63) is 0 Å². The van der Waals surface area contributed by atoms with Gasteiger partial charge in [0.2, 0.25) is 0 Å². The van der Waals surface area contributed by atoms with Gasteiger partial charge in [0.15, 0.2) is 0 Å². The van der Waals surface area contributed by atoms with Gasteiger partial charge in [-0.15, -0.1) is 0 Å². The molecule has 0 amide bonds. The summed E-state index contributed by atoms with van der Waals surface area (Å²) in [5, 5.41) is 10.7. The summed E-state index contributed by atoms with van der Waals surface area (Å²) in [5.41, 5.74) is 0.791. The molecule has 0 aromatic carbocycles. The summed E-state index contributed by atoms with van der Waals surface area (Å²) >= 11 is 0. The molecule has 4 fully saturated rings. The van der Waals surface area contributed by atoms with E-state index in [2.05, 4.69) is 41.5 Å². The average molecular weight is 593 g/mol. The molecule has 0 heterocycles. The Morgan fingerprint density at radius 2 is 0.690 bits per heavy atom. The number of hydrogen-bond acceptors (Lipinski definition) is 5. The lowest BCUT2D eigenvalue weighted by Crippen LogP contribution is -2.40. The van der Waals surface area contributed by atoms with Crippen molar-refractivity contribution in [2.45, 2.75) is 175 Å². The van der Waals surface area contributed by atoms with Gasteiger partial charge in [0, 0.05) is 13.2 Å². The molecule has 4 saturated carbocycles. The van der Waals surface area contributed by atoms with Gasteiger partial charge in [0.1, 0.15) is 6.10 Å². The topological polar surface area (TPSA) is 57.2 Å². The van der Waals surface area contributed by atoms with Crippen LogP contribution in [0.25, 0.3) is 0 Å². The van der Waals surface area contributed by atoms with Crippen molar-refractivity contribution in [2.24, 2.45) is 34.5 Å². The van der Waals surface area contributed by atoms with Crippen LogP contribution >= 0.6 is 0 Å². The van der Waals surface area contributed by atoms with Crippen LogP contribution in [-0.4, -0.2) is 62.1 Å². The molecular formula is C37H68O5. The number of rotatable bonds is 14. The van der Waals surface area contributed by atoms with Gasteiger partial charge in [-0.05, 0) is 151 Å². The van der Waals surface area contributed by atoms with Crippen LogP contribution in [0.2, 0.25) is 0 Å². The molecule has 0 aromatic heterocycles. The zero-order valence-electron chi connectivity index (χ0n) is 28.4. The highest BCUT2D eigenvalue weighted by Crippen LogP contribution is 2.50. The van der Waals surface area contributed by atoms with E-state index in [9.17, 15) is 5.11 Å². The van der Waals surface area contributed by atoms with Gasteiger partial charge < -0.3 is 24.1 Å². The van der Waals surface area contributed by atoms with Gasteiger partial charge in [-0.1, -0.05) is 27.7 Å². The van der Waals surface area contributed by atoms with Crippen LogP contribution in [0.1, 0.15) is 144 Å². The third kappa shape index (κ3) is 9.41. The van der Waals surface area contributed by atoms with E-state index in [1.54, 1.807) is 0 Å². The number of ether oxygens (including phenoxy) is 4. The Kier molecular flexibility index (Phi) is 13.5. The third-order valence-electron chi connectivity index (χ3n) is 12.8. The van der Waals surface area contributed by atoms with E-state index >= 15 is 0 Å². The number of aliphatic hydroxyl groups excluding tert-OH is 1. The molecule has 1 N–H and O–H groups in total. The summed E-state index contributed by atoms with van der Waals surface area (Å²) in [5.74, 6) is 3.20. The Hall–Kier alpha value is -0.200. The highest BCUT2D eigenvalue weighted by atomic mass is 16.5. The van der Waals surface area contributed by atoms with Crippen LogP contribution in [0.3, 0.4) is 0 Å². The van der Waals surface area contributed by atoms with E-state index in [1.165, 1.54) is 77.0 Å². The largest absolute Gasteiger partial charge is 0.388 e. The lowest BCUT2D eigenvalue weighted by atomic mass is 9.60. The fourth-order valence-corrected chi connectivity index (χ4v) is 9.57. The van der Waals surface area contributed by atoms with Gasteiger partial charge in [-0.3, -0.25) is 0 Å². The van der Waals surface area contributed by atoms with Crippen molar-refractivity contribution < 1.29 is 24.1 Å². The molecule has 0 aromatic rings. The second-order valence-electron chi connectivity index (χ2n) is 15.8. The van der Waals surface area contributed by atoms with Crippen LogP contribution in [0.5, 0.6) is 0 Å². The molecule has 0 aliphatic heterocycles. The summed E-state index contributed by atoms with van der Waals surface area (Å²) in [6.07, 6.45) is 20.8. The van der Waals surface area contributed by atoms with Crippen LogP contribution in [0.15, 0.2) is 0 Å².